The predicted molar refractivity (Wildman–Crippen MR) is 59.4 cm³/mol. The van der Waals surface area contributed by atoms with Crippen molar-refractivity contribution in [1.29, 1.82) is 0 Å². The molecule has 0 saturated heterocycles. The van der Waals surface area contributed by atoms with Crippen LogP contribution < -0.4 is 0 Å². The molecule has 64 valence electrons. The lowest BCUT2D eigenvalue weighted by molar-refractivity contribution is 1.30. The standard InChI is InChI=1S/C13H12/c1-3-10-8-9-11-6-5-7-13(11)12(10)4-2/h3-5,7-9H,1-2,6H2. The zero-order valence-corrected chi connectivity index (χ0v) is 7.59. The van der Waals surface area contributed by atoms with Crippen LogP contribution in [0.3, 0.4) is 0 Å². The highest BCUT2D eigenvalue weighted by molar-refractivity contribution is 5.77. The maximum Gasteiger partial charge on any atom is -0.00879 e. The van der Waals surface area contributed by atoms with Gasteiger partial charge >= 0.3 is 0 Å². The predicted octanol–water partition coefficient (Wildman–Crippen LogP) is 3.54. The van der Waals surface area contributed by atoms with Gasteiger partial charge in [-0.05, 0) is 28.7 Å². The zero-order valence-electron chi connectivity index (χ0n) is 7.59. The summed E-state index contributed by atoms with van der Waals surface area (Å²) in [6.45, 7) is 7.63. The molecule has 0 N–H and O–H groups in total. The van der Waals surface area contributed by atoms with E-state index in [9.17, 15) is 0 Å². The Hall–Kier alpha value is -1.56. The first-order valence-corrected chi connectivity index (χ1v) is 4.44. The van der Waals surface area contributed by atoms with Crippen LogP contribution in [0.25, 0.3) is 18.2 Å². The van der Waals surface area contributed by atoms with Crippen molar-refractivity contribution in [2.24, 2.45) is 0 Å². The molecule has 0 aromatic heterocycles. The number of rotatable bonds is 2. The summed E-state index contributed by atoms with van der Waals surface area (Å²) < 4.78 is 0. The van der Waals surface area contributed by atoms with E-state index in [4.69, 9.17) is 0 Å². The Morgan fingerprint density at radius 1 is 1.15 bits per heavy atom. The minimum absolute atomic E-state index is 1.05. The SMILES string of the molecule is C=Cc1ccc2c(c1C=C)C=CC2. The van der Waals surface area contributed by atoms with E-state index in [0.29, 0.717) is 0 Å². The molecule has 0 fully saturated rings. The van der Waals surface area contributed by atoms with Crippen molar-refractivity contribution in [3.63, 3.8) is 0 Å². The van der Waals surface area contributed by atoms with Crippen molar-refractivity contribution in [1.82, 2.24) is 0 Å². The van der Waals surface area contributed by atoms with Crippen LogP contribution in [0.1, 0.15) is 22.3 Å². The molecule has 13 heavy (non-hydrogen) atoms. The molecular formula is C13H12. The minimum Gasteiger partial charge on any atom is -0.0984 e. The van der Waals surface area contributed by atoms with Gasteiger partial charge in [0.1, 0.15) is 0 Å². The van der Waals surface area contributed by atoms with Gasteiger partial charge in [-0.1, -0.05) is 49.6 Å². The molecule has 0 aliphatic heterocycles. The molecule has 0 unspecified atom stereocenters. The van der Waals surface area contributed by atoms with Gasteiger partial charge in [0.15, 0.2) is 0 Å². The molecule has 0 atom stereocenters. The van der Waals surface area contributed by atoms with E-state index in [1.165, 1.54) is 22.3 Å². The van der Waals surface area contributed by atoms with Crippen LogP contribution in [0.4, 0.5) is 0 Å². The van der Waals surface area contributed by atoms with Crippen LogP contribution in [-0.4, -0.2) is 0 Å². The first kappa shape index (κ1) is 8.06. The molecule has 0 saturated carbocycles. The van der Waals surface area contributed by atoms with E-state index in [-0.39, 0.29) is 0 Å². The van der Waals surface area contributed by atoms with Crippen molar-refractivity contribution in [2.45, 2.75) is 6.42 Å². The summed E-state index contributed by atoms with van der Waals surface area (Å²) in [5, 5.41) is 0. The molecule has 1 aromatic carbocycles. The molecule has 0 amide bonds. The summed E-state index contributed by atoms with van der Waals surface area (Å²) in [7, 11) is 0. The quantitative estimate of drug-likeness (QED) is 0.633. The fourth-order valence-electron chi connectivity index (χ4n) is 1.78. The van der Waals surface area contributed by atoms with Gasteiger partial charge in [-0.2, -0.15) is 0 Å². The fourth-order valence-corrected chi connectivity index (χ4v) is 1.78. The van der Waals surface area contributed by atoms with Gasteiger partial charge in [-0.3, -0.25) is 0 Å². The highest BCUT2D eigenvalue weighted by atomic mass is 14.1. The van der Waals surface area contributed by atoms with Crippen LogP contribution in [0.15, 0.2) is 31.4 Å². The van der Waals surface area contributed by atoms with Crippen molar-refractivity contribution < 1.29 is 0 Å². The van der Waals surface area contributed by atoms with Crippen LogP contribution in [-0.2, 0) is 6.42 Å². The smallest absolute Gasteiger partial charge is 0.00879 e. The first-order chi connectivity index (χ1) is 6.36. The molecule has 0 heteroatoms. The van der Waals surface area contributed by atoms with Crippen molar-refractivity contribution in [3.05, 3.63) is 53.6 Å². The van der Waals surface area contributed by atoms with E-state index in [0.717, 1.165) is 6.42 Å². The summed E-state index contributed by atoms with van der Waals surface area (Å²) in [4.78, 5) is 0. The second-order valence-electron chi connectivity index (χ2n) is 3.16. The third-order valence-electron chi connectivity index (χ3n) is 2.46. The molecule has 0 heterocycles. The number of hydrogen-bond donors (Lipinski definition) is 0. The van der Waals surface area contributed by atoms with Gasteiger partial charge in [-0.25, -0.2) is 0 Å². The monoisotopic (exact) mass is 168 g/mol. The van der Waals surface area contributed by atoms with Gasteiger partial charge in [0.2, 0.25) is 0 Å². The van der Waals surface area contributed by atoms with Gasteiger partial charge in [-0.15, -0.1) is 0 Å². The molecule has 1 aliphatic carbocycles. The molecule has 1 aliphatic rings. The fraction of sp³-hybridized carbons (Fsp3) is 0.0769. The zero-order chi connectivity index (χ0) is 9.26. The number of benzene rings is 1. The summed E-state index contributed by atoms with van der Waals surface area (Å²) >= 11 is 0. The van der Waals surface area contributed by atoms with Crippen LogP contribution >= 0.6 is 0 Å². The van der Waals surface area contributed by atoms with Crippen molar-refractivity contribution in [3.8, 4) is 0 Å². The molecule has 0 spiro atoms. The highest BCUT2D eigenvalue weighted by Gasteiger charge is 2.09. The molecule has 0 nitrogen and oxygen atoms in total. The van der Waals surface area contributed by atoms with Crippen LogP contribution in [0.5, 0.6) is 0 Å². The van der Waals surface area contributed by atoms with Gasteiger partial charge in [0, 0.05) is 0 Å². The molecule has 0 bridgehead atoms. The van der Waals surface area contributed by atoms with E-state index >= 15 is 0 Å². The van der Waals surface area contributed by atoms with Crippen molar-refractivity contribution >= 4 is 18.2 Å². The first-order valence-electron chi connectivity index (χ1n) is 4.44. The highest BCUT2D eigenvalue weighted by Crippen LogP contribution is 2.27. The Morgan fingerprint density at radius 3 is 2.69 bits per heavy atom. The maximum atomic E-state index is 3.84. The second-order valence-corrected chi connectivity index (χ2v) is 3.16. The Labute approximate surface area is 78.9 Å². The Bertz CT molecular complexity index is 395. The van der Waals surface area contributed by atoms with Crippen LogP contribution in [0.2, 0.25) is 0 Å². The van der Waals surface area contributed by atoms with Gasteiger partial charge in [0.05, 0.1) is 0 Å². The minimum atomic E-state index is 1.05. The molecular weight excluding hydrogens is 156 g/mol. The lowest BCUT2D eigenvalue weighted by atomic mass is 9.98. The van der Waals surface area contributed by atoms with Gasteiger partial charge in [0.25, 0.3) is 0 Å². The molecule has 2 rings (SSSR count). The Balaban J connectivity index is 2.72. The topological polar surface area (TPSA) is 0 Å². The second kappa shape index (κ2) is 3.06. The number of allylic oxidation sites excluding steroid dienone is 1. The summed E-state index contributed by atoms with van der Waals surface area (Å²) in [6, 6.07) is 4.27. The average molecular weight is 168 g/mol. The Morgan fingerprint density at radius 2 is 2.00 bits per heavy atom. The maximum absolute atomic E-state index is 3.84. The van der Waals surface area contributed by atoms with Gasteiger partial charge < -0.3 is 0 Å². The largest absolute Gasteiger partial charge is 0.0984 e. The van der Waals surface area contributed by atoms with E-state index < -0.39 is 0 Å². The number of hydrogen-bond acceptors (Lipinski definition) is 0. The van der Waals surface area contributed by atoms with E-state index in [1.807, 2.05) is 12.2 Å². The summed E-state index contributed by atoms with van der Waals surface area (Å²) in [6.07, 6.45) is 9.19. The number of fused-ring (bicyclic) bond motifs is 1. The van der Waals surface area contributed by atoms with E-state index in [1.54, 1.807) is 0 Å². The lowest BCUT2D eigenvalue weighted by Gasteiger charge is -2.07. The Kier molecular flexibility index (Phi) is 1.90. The summed E-state index contributed by atoms with van der Waals surface area (Å²) in [5.74, 6) is 0. The molecule has 0 radical (unpaired) electrons. The lowest BCUT2D eigenvalue weighted by Crippen LogP contribution is -1.89. The normalized spacial score (nSPS) is 12.6. The third-order valence-corrected chi connectivity index (χ3v) is 2.46. The van der Waals surface area contributed by atoms with Crippen molar-refractivity contribution in [2.75, 3.05) is 0 Å². The third kappa shape index (κ3) is 1.15. The van der Waals surface area contributed by atoms with E-state index in [2.05, 4.69) is 37.4 Å². The molecule has 1 aromatic rings. The summed E-state index contributed by atoms with van der Waals surface area (Å²) in [5.41, 5.74) is 5.08. The van der Waals surface area contributed by atoms with Crippen LogP contribution in [0, 0.1) is 0 Å². The average Bonchev–Trinajstić information content (AvgIpc) is 2.63.